The standard InChI is InChI=1S/C16H12N6O2S/c1-24-12-7-4-8-13-14(12)18-16(25-13)19-15(23)10-5-2-3-6-11(10)22-9-17-20-21-22/h2-9H,1H3,(H,18,19,23). The van der Waals surface area contributed by atoms with Crippen molar-refractivity contribution in [2.75, 3.05) is 12.4 Å². The van der Waals surface area contributed by atoms with Crippen LogP contribution >= 0.6 is 11.3 Å². The number of amides is 1. The normalized spacial score (nSPS) is 10.8. The number of nitrogens with zero attached hydrogens (tertiary/aromatic N) is 5. The first kappa shape index (κ1) is 15.2. The summed E-state index contributed by atoms with van der Waals surface area (Å²) in [6.45, 7) is 0. The average molecular weight is 352 g/mol. The van der Waals surface area contributed by atoms with E-state index in [9.17, 15) is 4.79 Å². The van der Waals surface area contributed by atoms with Gasteiger partial charge in [-0.3, -0.25) is 10.1 Å². The van der Waals surface area contributed by atoms with Gasteiger partial charge < -0.3 is 4.74 Å². The quantitative estimate of drug-likeness (QED) is 0.606. The van der Waals surface area contributed by atoms with Gasteiger partial charge in [0, 0.05) is 0 Å². The summed E-state index contributed by atoms with van der Waals surface area (Å²) in [5.74, 6) is 0.382. The number of ether oxygens (including phenoxy) is 1. The van der Waals surface area contributed by atoms with E-state index in [0.717, 1.165) is 10.2 Å². The molecular weight excluding hydrogens is 340 g/mol. The minimum Gasteiger partial charge on any atom is -0.494 e. The van der Waals surface area contributed by atoms with Crippen LogP contribution in [0.2, 0.25) is 0 Å². The Balaban J connectivity index is 1.67. The van der Waals surface area contributed by atoms with Gasteiger partial charge in [0.1, 0.15) is 17.6 Å². The Hall–Kier alpha value is -3.33. The molecule has 0 atom stereocenters. The number of fused-ring (bicyclic) bond motifs is 1. The number of rotatable bonds is 4. The largest absolute Gasteiger partial charge is 0.494 e. The Morgan fingerprint density at radius 2 is 2.08 bits per heavy atom. The maximum atomic E-state index is 12.7. The summed E-state index contributed by atoms with van der Waals surface area (Å²) < 4.78 is 7.68. The molecule has 0 aliphatic rings. The molecule has 0 radical (unpaired) electrons. The number of carbonyl (C=O) groups is 1. The van der Waals surface area contributed by atoms with Gasteiger partial charge >= 0.3 is 0 Å². The number of hydrogen-bond acceptors (Lipinski definition) is 7. The Kier molecular flexibility index (Phi) is 3.82. The van der Waals surface area contributed by atoms with Gasteiger partial charge in [-0.25, -0.2) is 4.98 Å². The van der Waals surface area contributed by atoms with Gasteiger partial charge in [-0.05, 0) is 34.7 Å². The van der Waals surface area contributed by atoms with Crippen molar-refractivity contribution in [2.24, 2.45) is 0 Å². The second-order valence-corrected chi connectivity index (χ2v) is 6.08. The molecule has 0 unspecified atom stereocenters. The number of para-hydroxylation sites is 2. The first-order valence-corrected chi connectivity index (χ1v) is 8.15. The zero-order valence-electron chi connectivity index (χ0n) is 13.1. The Morgan fingerprint density at radius 1 is 1.20 bits per heavy atom. The summed E-state index contributed by atoms with van der Waals surface area (Å²) in [5.41, 5.74) is 1.75. The number of thiazole rings is 1. The number of anilines is 1. The van der Waals surface area contributed by atoms with Crippen LogP contribution in [0.5, 0.6) is 5.75 Å². The lowest BCUT2D eigenvalue weighted by molar-refractivity contribution is 0.102. The van der Waals surface area contributed by atoms with Gasteiger partial charge in [0.15, 0.2) is 5.13 Å². The fourth-order valence-electron chi connectivity index (χ4n) is 2.44. The van der Waals surface area contributed by atoms with Gasteiger partial charge in [-0.15, -0.1) is 5.10 Å². The van der Waals surface area contributed by atoms with Crippen LogP contribution in [-0.2, 0) is 0 Å². The highest BCUT2D eigenvalue weighted by molar-refractivity contribution is 7.22. The second kappa shape index (κ2) is 6.29. The number of tetrazole rings is 1. The molecule has 1 amide bonds. The average Bonchev–Trinajstić information content (AvgIpc) is 3.30. The Labute approximate surface area is 146 Å². The monoisotopic (exact) mass is 352 g/mol. The summed E-state index contributed by atoms with van der Waals surface area (Å²) in [6.07, 6.45) is 1.44. The molecule has 0 saturated heterocycles. The summed E-state index contributed by atoms with van der Waals surface area (Å²) in [5, 5.41) is 14.4. The van der Waals surface area contributed by atoms with Gasteiger partial charge in [0.25, 0.3) is 5.91 Å². The van der Waals surface area contributed by atoms with Gasteiger partial charge in [-0.2, -0.15) is 4.68 Å². The van der Waals surface area contributed by atoms with Crippen LogP contribution in [0.25, 0.3) is 15.9 Å². The molecule has 0 saturated carbocycles. The maximum absolute atomic E-state index is 12.7. The molecule has 0 fully saturated rings. The van der Waals surface area contributed by atoms with Crippen molar-refractivity contribution in [3.05, 3.63) is 54.4 Å². The molecule has 1 N–H and O–H groups in total. The van der Waals surface area contributed by atoms with Crippen molar-refractivity contribution in [1.82, 2.24) is 25.2 Å². The first-order valence-electron chi connectivity index (χ1n) is 7.33. The van der Waals surface area contributed by atoms with E-state index in [1.54, 1.807) is 25.3 Å². The summed E-state index contributed by atoms with van der Waals surface area (Å²) in [7, 11) is 1.59. The highest BCUT2D eigenvalue weighted by Gasteiger charge is 2.16. The number of carbonyl (C=O) groups excluding carboxylic acids is 1. The third kappa shape index (κ3) is 2.81. The molecule has 9 heteroatoms. The van der Waals surface area contributed by atoms with Crippen molar-refractivity contribution < 1.29 is 9.53 Å². The minimum atomic E-state index is -0.288. The van der Waals surface area contributed by atoms with E-state index in [0.29, 0.717) is 22.1 Å². The second-order valence-electron chi connectivity index (χ2n) is 5.05. The highest BCUT2D eigenvalue weighted by Crippen LogP contribution is 2.32. The molecule has 4 rings (SSSR count). The zero-order chi connectivity index (χ0) is 17.2. The van der Waals surface area contributed by atoms with Crippen LogP contribution in [0.3, 0.4) is 0 Å². The fraction of sp³-hybridized carbons (Fsp3) is 0.0625. The van der Waals surface area contributed by atoms with E-state index in [4.69, 9.17) is 4.74 Å². The molecule has 25 heavy (non-hydrogen) atoms. The molecule has 8 nitrogen and oxygen atoms in total. The smallest absolute Gasteiger partial charge is 0.259 e. The van der Waals surface area contributed by atoms with E-state index in [1.807, 2.05) is 24.3 Å². The van der Waals surface area contributed by atoms with Gasteiger partial charge in [0.2, 0.25) is 0 Å². The third-order valence-electron chi connectivity index (χ3n) is 3.57. The van der Waals surface area contributed by atoms with Crippen LogP contribution in [0.4, 0.5) is 5.13 Å². The van der Waals surface area contributed by atoms with Crippen molar-refractivity contribution in [3.8, 4) is 11.4 Å². The SMILES string of the molecule is COc1cccc2sc(NC(=O)c3ccccc3-n3cnnn3)nc12. The minimum absolute atomic E-state index is 0.288. The number of benzene rings is 2. The Morgan fingerprint density at radius 3 is 2.88 bits per heavy atom. The first-order chi connectivity index (χ1) is 12.3. The molecule has 2 heterocycles. The summed E-state index contributed by atoms with van der Waals surface area (Å²) in [4.78, 5) is 17.2. The lowest BCUT2D eigenvalue weighted by atomic mass is 10.1. The number of nitrogens with one attached hydrogen (secondary N) is 1. The van der Waals surface area contributed by atoms with Crippen molar-refractivity contribution in [1.29, 1.82) is 0 Å². The molecular formula is C16H12N6O2S. The maximum Gasteiger partial charge on any atom is 0.259 e. The van der Waals surface area contributed by atoms with Crippen molar-refractivity contribution in [2.45, 2.75) is 0 Å². The molecule has 0 spiro atoms. The summed E-state index contributed by atoms with van der Waals surface area (Å²) >= 11 is 1.38. The molecule has 4 aromatic rings. The van der Waals surface area contributed by atoms with Gasteiger partial charge in [-0.1, -0.05) is 29.5 Å². The Bertz CT molecular complexity index is 1040. The zero-order valence-corrected chi connectivity index (χ0v) is 13.9. The topological polar surface area (TPSA) is 94.8 Å². The molecule has 124 valence electrons. The molecule has 0 aliphatic carbocycles. The summed E-state index contributed by atoms with van der Waals surface area (Å²) in [6, 6.07) is 12.7. The fourth-order valence-corrected chi connectivity index (χ4v) is 3.32. The van der Waals surface area contributed by atoms with Gasteiger partial charge in [0.05, 0.1) is 23.1 Å². The van der Waals surface area contributed by atoms with E-state index in [2.05, 4.69) is 25.8 Å². The lowest BCUT2D eigenvalue weighted by Gasteiger charge is -2.07. The molecule has 2 aromatic heterocycles. The number of methoxy groups -OCH3 is 1. The predicted octanol–water partition coefficient (Wildman–Crippen LogP) is 2.53. The number of aromatic nitrogens is 5. The van der Waals surface area contributed by atoms with E-state index in [-0.39, 0.29) is 5.91 Å². The van der Waals surface area contributed by atoms with Crippen molar-refractivity contribution >= 4 is 32.6 Å². The van der Waals surface area contributed by atoms with Crippen LogP contribution in [0.1, 0.15) is 10.4 Å². The molecule has 0 aliphatic heterocycles. The number of hydrogen-bond donors (Lipinski definition) is 1. The third-order valence-corrected chi connectivity index (χ3v) is 4.50. The molecule has 2 aromatic carbocycles. The van der Waals surface area contributed by atoms with E-state index < -0.39 is 0 Å². The van der Waals surface area contributed by atoms with E-state index >= 15 is 0 Å². The van der Waals surface area contributed by atoms with Crippen LogP contribution in [0.15, 0.2) is 48.8 Å². The van der Waals surface area contributed by atoms with Crippen molar-refractivity contribution in [3.63, 3.8) is 0 Å². The van der Waals surface area contributed by atoms with Crippen LogP contribution in [0, 0.1) is 0 Å². The van der Waals surface area contributed by atoms with E-state index in [1.165, 1.54) is 22.3 Å². The molecule has 0 bridgehead atoms. The van der Waals surface area contributed by atoms with Crippen LogP contribution < -0.4 is 10.1 Å². The van der Waals surface area contributed by atoms with Crippen LogP contribution in [-0.4, -0.2) is 38.2 Å². The lowest BCUT2D eigenvalue weighted by Crippen LogP contribution is -2.15. The predicted molar refractivity (Wildman–Crippen MR) is 93.3 cm³/mol. The highest BCUT2D eigenvalue weighted by atomic mass is 32.1.